The van der Waals surface area contributed by atoms with E-state index in [-0.39, 0.29) is 83.7 Å². The van der Waals surface area contributed by atoms with Crippen LogP contribution in [0, 0.1) is 50.1 Å². The number of hydrogen-bond donors (Lipinski definition) is 0. The van der Waals surface area contributed by atoms with Crippen LogP contribution in [0.4, 0.5) is 0 Å². The van der Waals surface area contributed by atoms with Crippen LogP contribution in [0.1, 0.15) is 13.3 Å². The topological polar surface area (TPSA) is 0 Å². The predicted octanol–water partition coefficient (Wildman–Crippen LogP) is 5.24. The van der Waals surface area contributed by atoms with Crippen molar-refractivity contribution in [3.63, 3.8) is 0 Å². The summed E-state index contributed by atoms with van der Waals surface area (Å²) in [5.41, 5.74) is 0. The molecule has 1 aliphatic carbocycles. The van der Waals surface area contributed by atoms with Crippen LogP contribution < -0.4 is 0 Å². The van der Waals surface area contributed by atoms with Crippen LogP contribution in [0.15, 0.2) is 18.2 Å². The molecule has 0 saturated heterocycles. The van der Waals surface area contributed by atoms with Crippen molar-refractivity contribution in [3.8, 4) is 0 Å². The van der Waals surface area contributed by atoms with E-state index >= 15 is 0 Å². The molecule has 0 bridgehead atoms. The van der Waals surface area contributed by atoms with Crippen LogP contribution in [0.3, 0.4) is 0 Å². The second kappa shape index (κ2) is 84.1. The normalized spacial score (nSPS) is 6.27. The van der Waals surface area contributed by atoms with E-state index in [2.05, 4.69) is 19.1 Å². The molecular formula is C12H27Cl2Ti-7. The second-order valence-corrected chi connectivity index (χ2v) is 1.00. The molecule has 15 heavy (non-hydrogen) atoms. The molecule has 0 aromatic carbocycles. The van der Waals surface area contributed by atoms with Gasteiger partial charge in [0.1, 0.15) is 0 Å². The van der Waals surface area contributed by atoms with Crippen LogP contribution in [-0.2, 0) is 21.7 Å². The van der Waals surface area contributed by atoms with E-state index in [9.17, 15) is 0 Å². The van der Waals surface area contributed by atoms with E-state index in [0.717, 1.165) is 6.42 Å². The van der Waals surface area contributed by atoms with Gasteiger partial charge in [-0.3, -0.25) is 6.08 Å². The van der Waals surface area contributed by atoms with Crippen molar-refractivity contribution in [2.45, 2.75) is 13.3 Å². The molecule has 0 radical (unpaired) electrons. The molecule has 0 nitrogen and oxygen atoms in total. The van der Waals surface area contributed by atoms with Gasteiger partial charge in [0.05, 0.1) is 0 Å². The average molecular weight is 290 g/mol. The van der Waals surface area contributed by atoms with Gasteiger partial charge in [-0.05, 0) is 0 Å². The van der Waals surface area contributed by atoms with Crippen molar-refractivity contribution < 1.29 is 21.7 Å². The Balaban J connectivity index is -0.00000000495. The SMILES string of the molecule is Cl.Cl.[C-]1=CC=CC1.[CH2-]C.[CH3-].[CH3-].[CH3-].[CH3-].[CH3-].[Ti]. The maximum atomic E-state index is 3.25. The van der Waals surface area contributed by atoms with Crippen LogP contribution in [-0.4, -0.2) is 0 Å². The zero-order valence-corrected chi connectivity index (χ0v) is 14.2. The van der Waals surface area contributed by atoms with Crippen molar-refractivity contribution in [2.75, 3.05) is 0 Å². The van der Waals surface area contributed by atoms with E-state index in [0.29, 0.717) is 0 Å². The standard InChI is InChI=1S/C5H5.C2H5.5CH3.2ClH.Ti/c1-2-4-5-3-1;1-2;;;;;;;;/h1-3H,4H2;1H2,2H3;5*1H3;2*1H;/q7*-1;;;. The number of allylic oxidation sites excluding steroid dienone is 4. The summed E-state index contributed by atoms with van der Waals surface area (Å²) in [6.07, 6.45) is 10.0. The molecule has 100 valence electrons. The summed E-state index contributed by atoms with van der Waals surface area (Å²) >= 11 is 0. The quantitative estimate of drug-likeness (QED) is 0.423. The predicted molar refractivity (Wildman–Crippen MR) is 79.2 cm³/mol. The molecule has 0 saturated carbocycles. The molecule has 0 fully saturated rings. The van der Waals surface area contributed by atoms with Gasteiger partial charge in [0.2, 0.25) is 0 Å². The van der Waals surface area contributed by atoms with Crippen molar-refractivity contribution >= 4 is 24.8 Å². The van der Waals surface area contributed by atoms with Crippen LogP contribution in [0.5, 0.6) is 0 Å². The van der Waals surface area contributed by atoms with Gasteiger partial charge >= 0.3 is 0 Å². The molecule has 0 aromatic rings. The summed E-state index contributed by atoms with van der Waals surface area (Å²) in [4.78, 5) is 0. The second-order valence-electron chi connectivity index (χ2n) is 1.00. The van der Waals surface area contributed by atoms with Gasteiger partial charge in [-0.25, -0.2) is 12.2 Å². The molecular weight excluding hydrogens is 263 g/mol. The van der Waals surface area contributed by atoms with Crippen molar-refractivity contribution in [1.29, 1.82) is 0 Å². The van der Waals surface area contributed by atoms with Crippen LogP contribution >= 0.6 is 24.8 Å². The molecule has 3 heteroatoms. The summed E-state index contributed by atoms with van der Waals surface area (Å²) in [7, 11) is 0. The maximum Gasteiger partial charge on any atom is 0 e. The number of halogens is 2. The fourth-order valence-electron chi connectivity index (χ4n) is 0.340. The summed E-state index contributed by atoms with van der Waals surface area (Å²) in [6.45, 7) is 5.00. The Labute approximate surface area is 128 Å². The Morgan fingerprint density at radius 3 is 1.33 bits per heavy atom. The monoisotopic (exact) mass is 289 g/mol. The Morgan fingerprint density at radius 1 is 0.933 bits per heavy atom. The van der Waals surface area contributed by atoms with E-state index in [1.165, 1.54) is 0 Å². The summed E-state index contributed by atoms with van der Waals surface area (Å²) in [5, 5.41) is 0. The zero-order valence-electron chi connectivity index (χ0n) is 11.0. The van der Waals surface area contributed by atoms with Gasteiger partial charge in [-0.2, -0.15) is 13.0 Å². The summed E-state index contributed by atoms with van der Waals surface area (Å²) in [5.74, 6) is 0. The molecule has 0 heterocycles. The van der Waals surface area contributed by atoms with Gasteiger partial charge < -0.3 is 44.1 Å². The third-order valence-corrected chi connectivity index (χ3v) is 0.586. The van der Waals surface area contributed by atoms with E-state index in [4.69, 9.17) is 0 Å². The molecule has 1 rings (SSSR count). The fourth-order valence-corrected chi connectivity index (χ4v) is 0.340. The van der Waals surface area contributed by atoms with Gasteiger partial charge in [0.15, 0.2) is 0 Å². The van der Waals surface area contributed by atoms with Gasteiger partial charge in [0.25, 0.3) is 0 Å². The van der Waals surface area contributed by atoms with Crippen molar-refractivity contribution in [2.24, 2.45) is 0 Å². The molecule has 0 aromatic heterocycles. The Hall–Kier alpha value is 0.774. The first-order chi connectivity index (χ1) is 3.50. The van der Waals surface area contributed by atoms with Crippen molar-refractivity contribution in [1.82, 2.24) is 0 Å². The van der Waals surface area contributed by atoms with E-state index < -0.39 is 0 Å². The van der Waals surface area contributed by atoms with Gasteiger partial charge in [-0.1, -0.05) is 0 Å². The molecule has 0 unspecified atom stereocenters. The summed E-state index contributed by atoms with van der Waals surface area (Å²) < 4.78 is 0. The minimum absolute atomic E-state index is 0. The van der Waals surface area contributed by atoms with E-state index in [1.54, 1.807) is 6.92 Å². The first-order valence-corrected chi connectivity index (χ1v) is 2.42. The first-order valence-electron chi connectivity index (χ1n) is 2.42. The number of hydrogen-bond acceptors (Lipinski definition) is 0. The fraction of sp³-hybridized carbons (Fsp3) is 0.167. The summed E-state index contributed by atoms with van der Waals surface area (Å²) in [6, 6.07) is 0. The van der Waals surface area contributed by atoms with Crippen LogP contribution in [0.25, 0.3) is 0 Å². The smallest absolute Gasteiger partial charge is 0 e. The molecule has 1 aliphatic rings. The minimum Gasteiger partial charge on any atom is -0.358 e. The molecule has 0 amide bonds. The molecule has 0 aliphatic heterocycles. The van der Waals surface area contributed by atoms with Gasteiger partial charge in [-0.15, -0.1) is 31.2 Å². The minimum atomic E-state index is 0. The van der Waals surface area contributed by atoms with Crippen molar-refractivity contribution in [3.05, 3.63) is 68.4 Å². The Kier molecular flexibility index (Phi) is 421. The largest absolute Gasteiger partial charge is 0.358 e. The Bertz CT molecular complexity index is 71.7. The third kappa shape index (κ3) is 72.3. The average Bonchev–Trinajstić information content (AvgIpc) is 2.23. The van der Waals surface area contributed by atoms with E-state index in [1.807, 2.05) is 12.2 Å². The van der Waals surface area contributed by atoms with Gasteiger partial charge in [0, 0.05) is 21.7 Å². The first kappa shape index (κ1) is 75.0. The molecule has 0 spiro atoms. The zero-order chi connectivity index (χ0) is 5.54. The molecule has 0 atom stereocenters. The third-order valence-electron chi connectivity index (χ3n) is 0.586. The Morgan fingerprint density at radius 2 is 1.27 bits per heavy atom. The molecule has 0 N–H and O–H groups in total. The number of rotatable bonds is 0. The van der Waals surface area contributed by atoms with Crippen LogP contribution in [0.2, 0.25) is 0 Å². The maximum absolute atomic E-state index is 3.25.